The molecule has 0 aliphatic carbocycles. The van der Waals surface area contributed by atoms with Crippen molar-refractivity contribution in [3.8, 4) is 0 Å². The smallest absolute Gasteiger partial charge is 0.310 e. The molecule has 0 atom stereocenters. The van der Waals surface area contributed by atoms with E-state index in [2.05, 4.69) is 9.72 Å². The van der Waals surface area contributed by atoms with Crippen molar-refractivity contribution in [2.24, 2.45) is 0 Å². The fraction of sp³-hybridized carbons (Fsp3) is 0.400. The van der Waals surface area contributed by atoms with E-state index in [-0.39, 0.29) is 17.5 Å². The van der Waals surface area contributed by atoms with Crippen LogP contribution in [-0.2, 0) is 16.0 Å². The maximum Gasteiger partial charge on any atom is 0.310 e. The summed E-state index contributed by atoms with van der Waals surface area (Å²) < 4.78 is 42.3. The lowest BCUT2D eigenvalue weighted by Gasteiger charge is -2.10. The maximum absolute atomic E-state index is 12.8. The Balaban J connectivity index is 3.19. The first-order chi connectivity index (χ1) is 7.45. The van der Waals surface area contributed by atoms with Crippen molar-refractivity contribution in [3.05, 3.63) is 28.8 Å². The quantitative estimate of drug-likeness (QED) is 0.593. The SMILES string of the molecule is COC(=O)Cc1c(C)cc(F)nc1C(F)F. The van der Waals surface area contributed by atoms with Gasteiger partial charge in [-0.25, -0.2) is 13.8 Å². The number of hydrogen-bond acceptors (Lipinski definition) is 3. The van der Waals surface area contributed by atoms with Crippen LogP contribution in [0, 0.1) is 12.9 Å². The van der Waals surface area contributed by atoms with Crippen LogP contribution in [0.15, 0.2) is 6.07 Å². The standard InChI is InChI=1S/C10H10F3NO2/c1-5-3-7(11)14-9(10(12)13)6(5)4-8(15)16-2/h3,10H,4H2,1-2H3. The number of aromatic nitrogens is 1. The molecule has 88 valence electrons. The summed E-state index contributed by atoms with van der Waals surface area (Å²) in [6, 6.07) is 1.00. The van der Waals surface area contributed by atoms with Crippen LogP contribution >= 0.6 is 0 Å². The zero-order valence-electron chi connectivity index (χ0n) is 8.76. The molecule has 0 bridgehead atoms. The van der Waals surface area contributed by atoms with Crippen molar-refractivity contribution < 1.29 is 22.7 Å². The number of alkyl halides is 2. The van der Waals surface area contributed by atoms with Crippen LogP contribution in [0.2, 0.25) is 0 Å². The number of carbonyl (C=O) groups excluding carboxylic acids is 1. The normalized spacial score (nSPS) is 10.6. The maximum atomic E-state index is 12.8. The molecule has 1 aromatic heterocycles. The summed E-state index contributed by atoms with van der Waals surface area (Å²) in [6.07, 6.45) is -3.26. The van der Waals surface area contributed by atoms with Crippen molar-refractivity contribution in [1.29, 1.82) is 0 Å². The van der Waals surface area contributed by atoms with E-state index in [0.717, 1.165) is 13.2 Å². The van der Waals surface area contributed by atoms with E-state index < -0.39 is 24.0 Å². The minimum absolute atomic E-state index is 0.0169. The molecule has 0 saturated carbocycles. The summed E-state index contributed by atoms with van der Waals surface area (Å²) in [5.41, 5.74) is -0.431. The number of pyridine rings is 1. The molecule has 0 radical (unpaired) electrons. The van der Waals surface area contributed by atoms with Gasteiger partial charge in [-0.05, 0) is 24.1 Å². The van der Waals surface area contributed by atoms with E-state index in [9.17, 15) is 18.0 Å². The van der Waals surface area contributed by atoms with Crippen LogP contribution in [0.5, 0.6) is 0 Å². The average molecular weight is 233 g/mol. The van der Waals surface area contributed by atoms with Gasteiger partial charge in [0, 0.05) is 0 Å². The molecule has 0 fully saturated rings. The van der Waals surface area contributed by atoms with Crippen LogP contribution < -0.4 is 0 Å². The first-order valence-electron chi connectivity index (χ1n) is 4.46. The Kier molecular flexibility index (Phi) is 3.87. The van der Waals surface area contributed by atoms with Crippen LogP contribution in [0.25, 0.3) is 0 Å². The van der Waals surface area contributed by atoms with Gasteiger partial charge in [0.05, 0.1) is 13.5 Å². The second-order valence-electron chi connectivity index (χ2n) is 3.18. The second-order valence-corrected chi connectivity index (χ2v) is 3.18. The van der Waals surface area contributed by atoms with E-state index in [1.54, 1.807) is 0 Å². The fourth-order valence-electron chi connectivity index (χ4n) is 1.31. The van der Waals surface area contributed by atoms with Gasteiger partial charge in [0.1, 0.15) is 5.69 Å². The molecule has 1 heterocycles. The molecule has 6 heteroatoms. The molecule has 1 rings (SSSR count). The number of nitrogens with zero attached hydrogens (tertiary/aromatic N) is 1. The highest BCUT2D eigenvalue weighted by Crippen LogP contribution is 2.24. The van der Waals surface area contributed by atoms with Crippen molar-refractivity contribution in [3.63, 3.8) is 0 Å². The number of ether oxygens (including phenoxy) is 1. The highest BCUT2D eigenvalue weighted by atomic mass is 19.3. The van der Waals surface area contributed by atoms with Crippen LogP contribution in [-0.4, -0.2) is 18.1 Å². The van der Waals surface area contributed by atoms with Gasteiger partial charge in [-0.2, -0.15) is 4.39 Å². The van der Waals surface area contributed by atoms with Crippen LogP contribution in [0.3, 0.4) is 0 Å². The third kappa shape index (κ3) is 2.71. The van der Waals surface area contributed by atoms with Gasteiger partial charge in [0.2, 0.25) is 5.95 Å². The largest absolute Gasteiger partial charge is 0.469 e. The zero-order chi connectivity index (χ0) is 12.3. The molecular weight excluding hydrogens is 223 g/mol. The number of rotatable bonds is 3. The molecular formula is C10H10F3NO2. The summed E-state index contributed by atoms with van der Waals surface area (Å²) in [4.78, 5) is 14.1. The number of esters is 1. The van der Waals surface area contributed by atoms with Gasteiger partial charge in [0.25, 0.3) is 6.43 Å². The van der Waals surface area contributed by atoms with Gasteiger partial charge < -0.3 is 4.74 Å². The molecule has 1 aromatic rings. The van der Waals surface area contributed by atoms with Crippen molar-refractivity contribution >= 4 is 5.97 Å². The average Bonchev–Trinajstić information content (AvgIpc) is 2.20. The zero-order valence-corrected chi connectivity index (χ0v) is 8.76. The summed E-state index contributed by atoms with van der Waals surface area (Å²) >= 11 is 0. The van der Waals surface area contributed by atoms with E-state index in [4.69, 9.17) is 0 Å². The summed E-state index contributed by atoms with van der Waals surface area (Å²) in [7, 11) is 1.15. The Bertz CT molecular complexity index is 407. The van der Waals surface area contributed by atoms with Gasteiger partial charge in [-0.1, -0.05) is 0 Å². The van der Waals surface area contributed by atoms with E-state index in [1.807, 2.05) is 0 Å². The van der Waals surface area contributed by atoms with E-state index in [0.29, 0.717) is 0 Å². The highest BCUT2D eigenvalue weighted by Gasteiger charge is 2.20. The highest BCUT2D eigenvalue weighted by molar-refractivity contribution is 5.73. The number of carbonyl (C=O) groups is 1. The molecule has 0 aliphatic heterocycles. The van der Waals surface area contributed by atoms with E-state index in [1.165, 1.54) is 6.92 Å². The lowest BCUT2D eigenvalue weighted by atomic mass is 10.0. The molecule has 0 N–H and O–H groups in total. The number of hydrogen-bond donors (Lipinski definition) is 0. The molecule has 0 unspecified atom stereocenters. The van der Waals surface area contributed by atoms with Crippen molar-refractivity contribution in [1.82, 2.24) is 4.98 Å². The lowest BCUT2D eigenvalue weighted by Crippen LogP contribution is -2.11. The fourth-order valence-corrected chi connectivity index (χ4v) is 1.31. The molecule has 0 aromatic carbocycles. The lowest BCUT2D eigenvalue weighted by molar-refractivity contribution is -0.139. The minimum atomic E-state index is -2.92. The first kappa shape index (κ1) is 12.5. The predicted octanol–water partition coefficient (Wildman–Crippen LogP) is 2.18. The van der Waals surface area contributed by atoms with Crippen LogP contribution in [0.4, 0.5) is 13.2 Å². The van der Waals surface area contributed by atoms with E-state index >= 15 is 0 Å². The topological polar surface area (TPSA) is 39.2 Å². The Labute approximate surface area is 90.2 Å². The van der Waals surface area contributed by atoms with Gasteiger partial charge in [0.15, 0.2) is 0 Å². The minimum Gasteiger partial charge on any atom is -0.469 e. The molecule has 0 amide bonds. The number of aryl methyl sites for hydroxylation is 1. The van der Waals surface area contributed by atoms with Gasteiger partial charge >= 0.3 is 5.97 Å². The molecule has 3 nitrogen and oxygen atoms in total. The predicted molar refractivity (Wildman–Crippen MR) is 49.6 cm³/mol. The summed E-state index contributed by atoms with van der Waals surface area (Å²) in [6.45, 7) is 1.44. The Hall–Kier alpha value is -1.59. The van der Waals surface area contributed by atoms with Gasteiger partial charge in [-0.15, -0.1) is 0 Å². The number of methoxy groups -OCH3 is 1. The third-order valence-electron chi connectivity index (χ3n) is 2.10. The molecule has 0 spiro atoms. The Morgan fingerprint density at radius 3 is 2.69 bits per heavy atom. The molecule has 0 saturated heterocycles. The first-order valence-corrected chi connectivity index (χ1v) is 4.46. The molecule has 16 heavy (non-hydrogen) atoms. The Morgan fingerprint density at radius 2 is 2.19 bits per heavy atom. The van der Waals surface area contributed by atoms with Crippen molar-refractivity contribution in [2.45, 2.75) is 19.8 Å². The second kappa shape index (κ2) is 4.96. The summed E-state index contributed by atoms with van der Waals surface area (Å²) in [5.74, 6) is -1.65. The third-order valence-corrected chi connectivity index (χ3v) is 2.10. The van der Waals surface area contributed by atoms with Gasteiger partial charge in [-0.3, -0.25) is 4.79 Å². The summed E-state index contributed by atoms with van der Waals surface area (Å²) in [5, 5.41) is 0. The monoisotopic (exact) mass is 233 g/mol. The number of halogens is 3. The Morgan fingerprint density at radius 1 is 1.56 bits per heavy atom. The molecule has 0 aliphatic rings. The van der Waals surface area contributed by atoms with Crippen molar-refractivity contribution in [2.75, 3.05) is 7.11 Å². The van der Waals surface area contributed by atoms with Crippen LogP contribution in [0.1, 0.15) is 23.2 Å².